The Morgan fingerprint density at radius 3 is 2.75 bits per heavy atom. The molecule has 0 spiro atoms. The zero-order chi connectivity index (χ0) is 14.2. The van der Waals surface area contributed by atoms with Crippen LogP contribution in [0.1, 0.15) is 24.8 Å². The molecule has 1 heterocycles. The molecule has 1 aliphatic rings. The Morgan fingerprint density at radius 1 is 1.30 bits per heavy atom. The Labute approximate surface area is 119 Å². The summed E-state index contributed by atoms with van der Waals surface area (Å²) in [4.78, 5) is 10.2. The number of non-ortho nitro benzene ring substituents is 1. The highest BCUT2D eigenvalue weighted by Crippen LogP contribution is 2.14. The van der Waals surface area contributed by atoms with Crippen molar-refractivity contribution in [1.29, 1.82) is 0 Å². The monoisotopic (exact) mass is 278 g/mol. The van der Waals surface area contributed by atoms with Gasteiger partial charge in [0.25, 0.3) is 5.69 Å². The van der Waals surface area contributed by atoms with Crippen LogP contribution in [0, 0.1) is 16.0 Å². The lowest BCUT2D eigenvalue weighted by molar-refractivity contribution is -0.384. The molecule has 1 saturated heterocycles. The minimum Gasteiger partial charge on any atom is -0.381 e. The van der Waals surface area contributed by atoms with Gasteiger partial charge in [-0.15, -0.1) is 0 Å². The van der Waals surface area contributed by atoms with E-state index in [1.54, 1.807) is 24.3 Å². The second kappa shape index (κ2) is 7.97. The molecular formula is C15H22N2O3. The summed E-state index contributed by atoms with van der Waals surface area (Å²) < 4.78 is 5.66. The van der Waals surface area contributed by atoms with E-state index in [-0.39, 0.29) is 10.6 Å². The predicted octanol–water partition coefficient (Wildman–Crippen LogP) is 2.54. The van der Waals surface area contributed by atoms with E-state index < -0.39 is 0 Å². The molecule has 1 aliphatic heterocycles. The first-order chi connectivity index (χ1) is 9.75. The number of benzene rings is 1. The number of nitro groups is 1. The van der Waals surface area contributed by atoms with Crippen molar-refractivity contribution in [3.63, 3.8) is 0 Å². The van der Waals surface area contributed by atoms with Crippen LogP contribution in [0.15, 0.2) is 24.3 Å². The van der Waals surface area contributed by atoms with Crippen molar-refractivity contribution in [2.24, 2.45) is 5.92 Å². The molecule has 0 saturated carbocycles. The number of nitrogens with one attached hydrogen (secondary N) is 1. The van der Waals surface area contributed by atoms with Crippen LogP contribution in [0.2, 0.25) is 0 Å². The van der Waals surface area contributed by atoms with E-state index in [4.69, 9.17) is 4.74 Å². The van der Waals surface area contributed by atoms with Crippen molar-refractivity contribution in [2.75, 3.05) is 26.3 Å². The Kier molecular flexibility index (Phi) is 5.95. The first kappa shape index (κ1) is 14.9. The normalized spacial score (nSPS) is 18.9. The zero-order valence-electron chi connectivity index (χ0n) is 11.7. The maximum Gasteiger partial charge on any atom is 0.269 e. The summed E-state index contributed by atoms with van der Waals surface area (Å²) in [6.45, 7) is 3.75. The number of ether oxygens (including phenoxy) is 1. The summed E-state index contributed by atoms with van der Waals surface area (Å²) in [5, 5.41) is 13.9. The van der Waals surface area contributed by atoms with Crippen molar-refractivity contribution in [3.05, 3.63) is 39.9 Å². The summed E-state index contributed by atoms with van der Waals surface area (Å²) in [6.07, 6.45) is 4.50. The lowest BCUT2D eigenvalue weighted by Crippen LogP contribution is -2.30. The fourth-order valence-corrected chi connectivity index (χ4v) is 2.50. The number of hydrogen-bond acceptors (Lipinski definition) is 4. The predicted molar refractivity (Wildman–Crippen MR) is 77.8 cm³/mol. The van der Waals surface area contributed by atoms with Crippen LogP contribution in [-0.2, 0) is 11.2 Å². The van der Waals surface area contributed by atoms with Crippen LogP contribution in [0.4, 0.5) is 5.69 Å². The van der Waals surface area contributed by atoms with E-state index >= 15 is 0 Å². The molecule has 0 aromatic heterocycles. The summed E-state index contributed by atoms with van der Waals surface area (Å²) >= 11 is 0. The second-order valence-corrected chi connectivity index (χ2v) is 5.29. The Balaban J connectivity index is 1.59. The van der Waals surface area contributed by atoms with E-state index in [2.05, 4.69) is 5.32 Å². The zero-order valence-corrected chi connectivity index (χ0v) is 11.7. The van der Waals surface area contributed by atoms with Gasteiger partial charge in [0.1, 0.15) is 0 Å². The van der Waals surface area contributed by atoms with E-state index in [1.807, 2.05) is 0 Å². The maximum atomic E-state index is 10.5. The van der Waals surface area contributed by atoms with Crippen molar-refractivity contribution in [1.82, 2.24) is 5.32 Å². The van der Waals surface area contributed by atoms with Gasteiger partial charge < -0.3 is 10.1 Å². The van der Waals surface area contributed by atoms with E-state index in [9.17, 15) is 10.1 Å². The van der Waals surface area contributed by atoms with E-state index in [0.717, 1.165) is 44.0 Å². The Bertz CT molecular complexity index is 414. The van der Waals surface area contributed by atoms with Gasteiger partial charge in [-0.05, 0) is 50.3 Å². The molecule has 20 heavy (non-hydrogen) atoms. The summed E-state index contributed by atoms with van der Waals surface area (Å²) in [5.41, 5.74) is 1.22. The maximum absolute atomic E-state index is 10.5. The molecule has 0 aliphatic carbocycles. The summed E-state index contributed by atoms with van der Waals surface area (Å²) in [7, 11) is 0. The number of nitro benzene ring substituents is 1. The van der Waals surface area contributed by atoms with Crippen LogP contribution in [0.25, 0.3) is 0 Å². The molecule has 5 heteroatoms. The Morgan fingerprint density at radius 2 is 2.10 bits per heavy atom. The molecule has 1 N–H and O–H groups in total. The van der Waals surface area contributed by atoms with Crippen LogP contribution in [-0.4, -0.2) is 31.2 Å². The minimum atomic E-state index is -0.376. The molecule has 1 aromatic carbocycles. The van der Waals surface area contributed by atoms with Crippen LogP contribution < -0.4 is 5.32 Å². The summed E-state index contributed by atoms with van der Waals surface area (Å²) in [6, 6.07) is 6.69. The summed E-state index contributed by atoms with van der Waals surface area (Å²) in [5.74, 6) is 0.753. The van der Waals surface area contributed by atoms with Gasteiger partial charge in [0.2, 0.25) is 0 Å². The topological polar surface area (TPSA) is 64.4 Å². The average molecular weight is 278 g/mol. The minimum absolute atomic E-state index is 0.138. The van der Waals surface area contributed by atoms with Gasteiger partial charge in [0.15, 0.2) is 0 Å². The van der Waals surface area contributed by atoms with Gasteiger partial charge in [-0.25, -0.2) is 0 Å². The first-order valence-corrected chi connectivity index (χ1v) is 7.27. The highest BCUT2D eigenvalue weighted by Gasteiger charge is 2.12. The molecule has 0 amide bonds. The third-order valence-electron chi connectivity index (χ3n) is 3.75. The Hall–Kier alpha value is -1.46. The van der Waals surface area contributed by atoms with Crippen LogP contribution >= 0.6 is 0 Å². The van der Waals surface area contributed by atoms with Crippen molar-refractivity contribution in [2.45, 2.75) is 25.7 Å². The third-order valence-corrected chi connectivity index (χ3v) is 3.75. The molecule has 5 nitrogen and oxygen atoms in total. The number of piperidine rings is 1. The highest BCUT2D eigenvalue weighted by molar-refractivity contribution is 5.32. The van der Waals surface area contributed by atoms with E-state index in [1.165, 1.54) is 12.8 Å². The smallest absolute Gasteiger partial charge is 0.269 e. The molecule has 2 rings (SSSR count). The third kappa shape index (κ3) is 4.90. The molecule has 0 bridgehead atoms. The highest BCUT2D eigenvalue weighted by atomic mass is 16.6. The molecule has 1 aromatic rings. The van der Waals surface area contributed by atoms with Crippen molar-refractivity contribution < 1.29 is 9.66 Å². The molecule has 1 atom stereocenters. The fourth-order valence-electron chi connectivity index (χ4n) is 2.50. The van der Waals surface area contributed by atoms with Gasteiger partial charge in [-0.3, -0.25) is 10.1 Å². The van der Waals surface area contributed by atoms with Crippen LogP contribution in [0.5, 0.6) is 0 Å². The first-order valence-electron chi connectivity index (χ1n) is 7.27. The van der Waals surface area contributed by atoms with Gasteiger partial charge in [-0.2, -0.15) is 0 Å². The van der Waals surface area contributed by atoms with Gasteiger partial charge >= 0.3 is 0 Å². The molecule has 110 valence electrons. The second-order valence-electron chi connectivity index (χ2n) is 5.29. The van der Waals surface area contributed by atoms with E-state index in [0.29, 0.717) is 6.61 Å². The number of nitrogens with zero attached hydrogens (tertiary/aromatic N) is 1. The lowest BCUT2D eigenvalue weighted by Gasteiger charge is -2.22. The quantitative estimate of drug-likeness (QED) is 0.473. The fraction of sp³-hybridized carbons (Fsp3) is 0.600. The van der Waals surface area contributed by atoms with Gasteiger partial charge in [0, 0.05) is 18.7 Å². The molecule has 0 radical (unpaired) electrons. The molecule has 1 unspecified atom stereocenters. The number of rotatable bonds is 7. The standard InChI is InChI=1S/C15H22N2O3/c18-17(19)15-5-3-13(4-6-15)7-10-20-11-8-14-2-1-9-16-12-14/h3-6,14,16H,1-2,7-12H2. The average Bonchev–Trinajstić information content (AvgIpc) is 2.48. The SMILES string of the molecule is O=[N+]([O-])c1ccc(CCOCCC2CCCNC2)cc1. The van der Waals surface area contributed by atoms with Crippen molar-refractivity contribution >= 4 is 5.69 Å². The van der Waals surface area contributed by atoms with Gasteiger partial charge in [0.05, 0.1) is 11.5 Å². The molecule has 1 fully saturated rings. The van der Waals surface area contributed by atoms with Gasteiger partial charge in [-0.1, -0.05) is 12.1 Å². The van der Waals surface area contributed by atoms with Crippen molar-refractivity contribution in [3.8, 4) is 0 Å². The largest absolute Gasteiger partial charge is 0.381 e. The molecular weight excluding hydrogens is 256 g/mol. The lowest BCUT2D eigenvalue weighted by atomic mass is 9.97. The number of hydrogen-bond donors (Lipinski definition) is 1. The van der Waals surface area contributed by atoms with Crippen LogP contribution in [0.3, 0.4) is 0 Å².